The Hall–Kier alpha value is -1.06. The van der Waals surface area contributed by atoms with E-state index >= 15 is 0 Å². The summed E-state index contributed by atoms with van der Waals surface area (Å²) in [5.41, 5.74) is -0.312. The molecule has 0 radical (unpaired) electrons. The van der Waals surface area contributed by atoms with Crippen LogP contribution in [-0.2, 0) is 14.3 Å². The molecule has 0 heterocycles. The highest BCUT2D eigenvalue weighted by molar-refractivity contribution is 5.70. The van der Waals surface area contributed by atoms with Gasteiger partial charge in [0.1, 0.15) is 5.60 Å². The highest BCUT2D eigenvalue weighted by atomic mass is 16.6. The summed E-state index contributed by atoms with van der Waals surface area (Å²) in [4.78, 5) is 23.5. The van der Waals surface area contributed by atoms with Gasteiger partial charge in [0, 0.05) is 12.8 Å². The van der Waals surface area contributed by atoms with Crippen LogP contribution in [0.1, 0.15) is 168 Å². The molecule has 0 aromatic rings. The van der Waals surface area contributed by atoms with Gasteiger partial charge in [-0.1, -0.05) is 104 Å². The lowest BCUT2D eigenvalue weighted by atomic mass is 9.84. The van der Waals surface area contributed by atoms with Crippen LogP contribution in [0, 0.1) is 0 Å². The van der Waals surface area contributed by atoms with Gasteiger partial charge in [-0.05, 0) is 51.4 Å². The van der Waals surface area contributed by atoms with Crippen LogP contribution in [0.3, 0.4) is 0 Å². The van der Waals surface area contributed by atoms with Crippen LogP contribution in [0.15, 0.2) is 0 Å². The lowest BCUT2D eigenvalue weighted by Crippen LogP contribution is -2.35. The molecule has 0 atom stereocenters. The SMILES string of the molecule is CCCCCCCCC(CCCCCCC)(CCCCCCC)OC(=O)CCCCC(=O)O. The van der Waals surface area contributed by atoms with Crippen molar-refractivity contribution in [2.75, 3.05) is 0 Å². The molecule has 4 nitrogen and oxygen atoms in total. The lowest BCUT2D eigenvalue weighted by molar-refractivity contribution is -0.163. The lowest BCUT2D eigenvalue weighted by Gasteiger charge is -2.34. The number of rotatable bonds is 25. The molecule has 0 rings (SSSR count). The number of hydrogen-bond acceptors (Lipinski definition) is 3. The molecule has 0 fully saturated rings. The number of esters is 1. The van der Waals surface area contributed by atoms with Gasteiger partial charge in [-0.3, -0.25) is 9.59 Å². The molecule has 0 unspecified atom stereocenters. The van der Waals surface area contributed by atoms with Gasteiger partial charge in [0.25, 0.3) is 0 Å². The summed E-state index contributed by atoms with van der Waals surface area (Å²) < 4.78 is 6.30. The average molecular weight is 469 g/mol. The summed E-state index contributed by atoms with van der Waals surface area (Å²) in [5, 5.41) is 8.84. The second kappa shape index (κ2) is 22.7. The predicted molar refractivity (Wildman–Crippen MR) is 140 cm³/mol. The topological polar surface area (TPSA) is 63.6 Å². The number of unbranched alkanes of at least 4 members (excludes halogenated alkanes) is 14. The van der Waals surface area contributed by atoms with Crippen molar-refractivity contribution in [3.05, 3.63) is 0 Å². The minimum atomic E-state index is -0.792. The van der Waals surface area contributed by atoms with Crippen molar-refractivity contribution < 1.29 is 19.4 Å². The zero-order valence-electron chi connectivity index (χ0n) is 22.4. The maximum atomic E-state index is 12.8. The Bertz CT molecular complexity index is 447. The molecule has 0 bridgehead atoms. The van der Waals surface area contributed by atoms with Crippen molar-refractivity contribution in [3.8, 4) is 0 Å². The summed E-state index contributed by atoms with van der Waals surface area (Å²) in [7, 11) is 0. The van der Waals surface area contributed by atoms with Gasteiger partial charge in [0.2, 0.25) is 0 Å². The minimum absolute atomic E-state index is 0.117. The monoisotopic (exact) mass is 468 g/mol. The molecule has 0 saturated carbocycles. The fourth-order valence-electron chi connectivity index (χ4n) is 4.70. The average Bonchev–Trinajstić information content (AvgIpc) is 2.78. The van der Waals surface area contributed by atoms with E-state index in [2.05, 4.69) is 20.8 Å². The van der Waals surface area contributed by atoms with E-state index in [0.717, 1.165) is 38.5 Å². The van der Waals surface area contributed by atoms with Gasteiger partial charge in [0.15, 0.2) is 0 Å². The number of carbonyl (C=O) groups is 2. The second-order valence-electron chi connectivity index (χ2n) is 10.1. The van der Waals surface area contributed by atoms with Crippen molar-refractivity contribution >= 4 is 11.9 Å². The first kappa shape index (κ1) is 31.9. The number of carboxylic acids is 1. The predicted octanol–water partition coefficient (Wildman–Crippen LogP) is 9.39. The Morgan fingerprint density at radius 1 is 0.545 bits per heavy atom. The molecule has 0 aliphatic heterocycles. The molecule has 4 heteroatoms. The van der Waals surface area contributed by atoms with Crippen molar-refractivity contribution in [1.29, 1.82) is 0 Å². The van der Waals surface area contributed by atoms with Crippen molar-refractivity contribution in [1.82, 2.24) is 0 Å². The molecule has 0 aromatic heterocycles. The quantitative estimate of drug-likeness (QED) is 0.107. The second-order valence-corrected chi connectivity index (χ2v) is 10.1. The molecule has 0 aliphatic carbocycles. The van der Waals surface area contributed by atoms with Crippen LogP contribution in [0.5, 0.6) is 0 Å². The van der Waals surface area contributed by atoms with Crippen molar-refractivity contribution in [2.45, 2.75) is 174 Å². The summed E-state index contributed by atoms with van der Waals surface area (Å²) in [6.45, 7) is 6.73. The fraction of sp³-hybridized carbons (Fsp3) is 0.931. The van der Waals surface area contributed by atoms with Gasteiger partial charge >= 0.3 is 11.9 Å². The molecule has 1 N–H and O–H groups in total. The summed E-state index contributed by atoms with van der Waals surface area (Å²) in [6, 6.07) is 0. The molecular weight excluding hydrogens is 412 g/mol. The first-order valence-corrected chi connectivity index (χ1v) is 14.4. The Morgan fingerprint density at radius 2 is 0.909 bits per heavy atom. The highest BCUT2D eigenvalue weighted by Crippen LogP contribution is 2.33. The smallest absolute Gasteiger partial charge is 0.306 e. The normalized spacial score (nSPS) is 11.6. The maximum absolute atomic E-state index is 12.8. The number of carboxylic acid groups (broad SMARTS) is 1. The minimum Gasteiger partial charge on any atom is -0.481 e. The fourth-order valence-corrected chi connectivity index (χ4v) is 4.70. The molecule has 33 heavy (non-hydrogen) atoms. The Balaban J connectivity index is 4.97. The molecule has 0 saturated heterocycles. The Morgan fingerprint density at radius 3 is 1.30 bits per heavy atom. The third-order valence-corrected chi connectivity index (χ3v) is 6.81. The molecule has 0 aromatic carbocycles. The molecular formula is C29H56O4. The number of hydrogen-bond donors (Lipinski definition) is 1. The van der Waals surface area contributed by atoms with E-state index in [1.165, 1.54) is 83.5 Å². The van der Waals surface area contributed by atoms with Crippen LogP contribution in [0.4, 0.5) is 0 Å². The third-order valence-electron chi connectivity index (χ3n) is 6.81. The van der Waals surface area contributed by atoms with Crippen LogP contribution in [-0.4, -0.2) is 22.6 Å². The van der Waals surface area contributed by atoms with E-state index in [4.69, 9.17) is 9.84 Å². The van der Waals surface area contributed by atoms with Gasteiger partial charge in [0.05, 0.1) is 0 Å². The molecule has 0 aliphatic rings. The van der Waals surface area contributed by atoms with Crippen molar-refractivity contribution in [3.63, 3.8) is 0 Å². The van der Waals surface area contributed by atoms with E-state index in [1.54, 1.807) is 0 Å². The summed E-state index contributed by atoms with van der Waals surface area (Å²) >= 11 is 0. The highest BCUT2D eigenvalue weighted by Gasteiger charge is 2.32. The van der Waals surface area contributed by atoms with E-state index in [1.807, 2.05) is 0 Å². The summed E-state index contributed by atoms with van der Waals surface area (Å²) in [5.74, 6) is -0.909. The van der Waals surface area contributed by atoms with Gasteiger partial charge in [-0.2, -0.15) is 0 Å². The van der Waals surface area contributed by atoms with Gasteiger partial charge < -0.3 is 9.84 Å². The molecule has 196 valence electrons. The van der Waals surface area contributed by atoms with Crippen LogP contribution in [0.25, 0.3) is 0 Å². The first-order chi connectivity index (χ1) is 16.0. The Kier molecular flexibility index (Phi) is 22.0. The van der Waals surface area contributed by atoms with Crippen molar-refractivity contribution in [2.24, 2.45) is 0 Å². The van der Waals surface area contributed by atoms with Crippen LogP contribution in [0.2, 0.25) is 0 Å². The number of carbonyl (C=O) groups excluding carboxylic acids is 1. The third kappa shape index (κ3) is 20.1. The number of ether oxygens (including phenoxy) is 1. The van der Waals surface area contributed by atoms with Crippen LogP contribution >= 0.6 is 0 Å². The number of aliphatic carboxylic acids is 1. The molecule has 0 spiro atoms. The first-order valence-electron chi connectivity index (χ1n) is 14.4. The van der Waals surface area contributed by atoms with Gasteiger partial charge in [-0.25, -0.2) is 0 Å². The van der Waals surface area contributed by atoms with E-state index in [9.17, 15) is 9.59 Å². The van der Waals surface area contributed by atoms with E-state index in [0.29, 0.717) is 19.3 Å². The van der Waals surface area contributed by atoms with Crippen LogP contribution < -0.4 is 0 Å². The zero-order chi connectivity index (χ0) is 24.6. The largest absolute Gasteiger partial charge is 0.481 e. The standard InChI is InChI=1S/C29H56O4/c1-4-7-10-13-16-21-26-29(24-19-14-11-8-5-2,25-20-15-12-9-6-3)33-28(32)23-18-17-22-27(30)31/h4-26H2,1-3H3,(H,30,31). The zero-order valence-corrected chi connectivity index (χ0v) is 22.4. The van der Waals surface area contributed by atoms with E-state index < -0.39 is 5.97 Å². The van der Waals surface area contributed by atoms with E-state index in [-0.39, 0.29) is 18.0 Å². The van der Waals surface area contributed by atoms with Gasteiger partial charge in [-0.15, -0.1) is 0 Å². The summed E-state index contributed by atoms with van der Waals surface area (Å²) in [6.07, 6.45) is 24.4. The molecule has 0 amide bonds. The maximum Gasteiger partial charge on any atom is 0.306 e. The Labute approximate surface area is 205 Å².